The molecule has 2 aromatic rings. The molecule has 1 saturated carbocycles. The summed E-state index contributed by atoms with van der Waals surface area (Å²) in [6.45, 7) is 0.469. The lowest BCUT2D eigenvalue weighted by Gasteiger charge is -2.38. The highest BCUT2D eigenvalue weighted by Gasteiger charge is 2.38. The van der Waals surface area contributed by atoms with E-state index in [1.165, 1.54) is 0 Å². The molecule has 4 rings (SSSR count). The quantitative estimate of drug-likeness (QED) is 0.881. The van der Waals surface area contributed by atoms with Crippen LogP contribution < -0.4 is 15.2 Å². The first-order chi connectivity index (χ1) is 12.6. The number of hydrogen-bond donors (Lipinski definition) is 2. The van der Waals surface area contributed by atoms with Gasteiger partial charge in [0.2, 0.25) is 5.91 Å². The minimum Gasteiger partial charge on any atom is -0.497 e. The number of primary amides is 1. The number of nitrogens with two attached hydrogens (primary N) is 1. The summed E-state index contributed by atoms with van der Waals surface area (Å²) in [7, 11) is 1.62. The topological polar surface area (TPSA) is 94.7 Å². The Bertz CT molecular complexity index is 825. The zero-order valence-electron chi connectivity index (χ0n) is 14.9. The van der Waals surface area contributed by atoms with Crippen LogP contribution in [-0.2, 0) is 4.79 Å². The smallest absolute Gasteiger partial charge is 0.220 e. The Morgan fingerprint density at radius 2 is 2.08 bits per heavy atom. The number of pyridine rings is 1. The first-order valence-electron chi connectivity index (χ1n) is 9.15. The summed E-state index contributed by atoms with van der Waals surface area (Å²) >= 11 is 0. The fourth-order valence-corrected chi connectivity index (χ4v) is 4.44. The minimum atomic E-state index is -0.619. The summed E-state index contributed by atoms with van der Waals surface area (Å²) in [4.78, 5) is 15.8. The molecule has 1 fully saturated rings. The molecule has 3 N–H and O–H groups in total. The Labute approximate surface area is 152 Å². The molecule has 0 bridgehead atoms. The minimum absolute atomic E-state index is 0.00753. The van der Waals surface area contributed by atoms with Crippen LogP contribution in [-0.4, -0.2) is 29.7 Å². The van der Waals surface area contributed by atoms with Crippen LogP contribution in [0.1, 0.15) is 37.4 Å². The third-order valence-electron chi connectivity index (χ3n) is 5.99. The van der Waals surface area contributed by atoms with Crippen LogP contribution in [0.4, 0.5) is 0 Å². The van der Waals surface area contributed by atoms with Gasteiger partial charge < -0.3 is 20.3 Å². The second kappa shape index (κ2) is 6.76. The van der Waals surface area contributed by atoms with Crippen molar-refractivity contribution in [2.45, 2.75) is 31.8 Å². The SMILES string of the molecule is COc1ccc2ncc3c(c2c1)[C@H](O)[C@@H](C1CCC(C(N)=O)CC1)CO3. The molecule has 1 aliphatic carbocycles. The maximum absolute atomic E-state index is 11.4. The highest BCUT2D eigenvalue weighted by Crippen LogP contribution is 2.46. The van der Waals surface area contributed by atoms with Crippen LogP contribution in [0.5, 0.6) is 11.5 Å². The molecule has 2 atom stereocenters. The number of rotatable bonds is 3. The van der Waals surface area contributed by atoms with E-state index in [9.17, 15) is 9.90 Å². The van der Waals surface area contributed by atoms with Crippen LogP contribution in [0.3, 0.4) is 0 Å². The Morgan fingerprint density at radius 3 is 2.77 bits per heavy atom. The van der Waals surface area contributed by atoms with Gasteiger partial charge in [0.15, 0.2) is 0 Å². The predicted molar refractivity (Wildman–Crippen MR) is 96.9 cm³/mol. The van der Waals surface area contributed by atoms with E-state index in [0.29, 0.717) is 18.3 Å². The molecule has 138 valence electrons. The van der Waals surface area contributed by atoms with Crippen molar-refractivity contribution >= 4 is 16.8 Å². The van der Waals surface area contributed by atoms with Gasteiger partial charge in [0.25, 0.3) is 0 Å². The summed E-state index contributed by atoms with van der Waals surface area (Å²) in [5.74, 6) is 1.45. The number of nitrogens with zero attached hydrogens (tertiary/aromatic N) is 1. The Morgan fingerprint density at radius 1 is 1.31 bits per heavy atom. The fourth-order valence-electron chi connectivity index (χ4n) is 4.44. The van der Waals surface area contributed by atoms with Gasteiger partial charge in [-0.25, -0.2) is 0 Å². The van der Waals surface area contributed by atoms with Crippen molar-refractivity contribution in [3.63, 3.8) is 0 Å². The van der Waals surface area contributed by atoms with Crippen molar-refractivity contribution in [3.8, 4) is 11.5 Å². The molecule has 2 heterocycles. The summed E-state index contributed by atoms with van der Waals surface area (Å²) in [6, 6.07) is 5.66. The second-order valence-corrected chi connectivity index (χ2v) is 7.35. The molecule has 0 saturated heterocycles. The van der Waals surface area contributed by atoms with Crippen molar-refractivity contribution in [2.75, 3.05) is 13.7 Å². The number of carbonyl (C=O) groups excluding carboxylic acids is 1. The molecule has 1 aromatic carbocycles. The molecule has 0 spiro atoms. The summed E-state index contributed by atoms with van der Waals surface area (Å²) in [5.41, 5.74) is 7.04. The van der Waals surface area contributed by atoms with E-state index in [1.54, 1.807) is 13.3 Å². The van der Waals surface area contributed by atoms with Gasteiger partial charge >= 0.3 is 0 Å². The van der Waals surface area contributed by atoms with Gasteiger partial charge in [-0.3, -0.25) is 9.78 Å². The number of benzene rings is 1. The maximum Gasteiger partial charge on any atom is 0.220 e. The van der Waals surface area contributed by atoms with Gasteiger partial charge in [-0.1, -0.05) is 0 Å². The highest BCUT2D eigenvalue weighted by atomic mass is 16.5. The lowest BCUT2D eigenvalue weighted by atomic mass is 9.72. The number of methoxy groups -OCH3 is 1. The van der Waals surface area contributed by atoms with Crippen LogP contribution in [0.25, 0.3) is 10.9 Å². The van der Waals surface area contributed by atoms with Gasteiger partial charge in [0.1, 0.15) is 11.5 Å². The predicted octanol–water partition coefficient (Wildman–Crippen LogP) is 2.58. The number of hydrogen-bond acceptors (Lipinski definition) is 5. The van der Waals surface area contributed by atoms with E-state index in [0.717, 1.165) is 47.9 Å². The zero-order chi connectivity index (χ0) is 18.3. The van der Waals surface area contributed by atoms with Crippen molar-refractivity contribution in [3.05, 3.63) is 30.0 Å². The van der Waals surface area contributed by atoms with Gasteiger partial charge in [0, 0.05) is 22.8 Å². The largest absolute Gasteiger partial charge is 0.497 e. The number of aromatic nitrogens is 1. The number of ether oxygens (including phenoxy) is 2. The molecule has 6 nitrogen and oxygen atoms in total. The first-order valence-corrected chi connectivity index (χ1v) is 9.15. The van der Waals surface area contributed by atoms with Crippen molar-refractivity contribution < 1.29 is 19.4 Å². The van der Waals surface area contributed by atoms with Crippen LogP contribution in [0, 0.1) is 17.8 Å². The normalized spacial score (nSPS) is 28.2. The monoisotopic (exact) mass is 356 g/mol. The molecule has 1 aromatic heterocycles. The molecule has 0 radical (unpaired) electrons. The van der Waals surface area contributed by atoms with Gasteiger partial charge in [0.05, 0.1) is 31.5 Å². The molecule has 0 unspecified atom stereocenters. The average molecular weight is 356 g/mol. The van der Waals surface area contributed by atoms with E-state index in [4.69, 9.17) is 15.2 Å². The average Bonchev–Trinajstić information content (AvgIpc) is 2.67. The van der Waals surface area contributed by atoms with Gasteiger partial charge in [-0.2, -0.15) is 0 Å². The molecule has 26 heavy (non-hydrogen) atoms. The van der Waals surface area contributed by atoms with E-state index in [-0.39, 0.29) is 17.7 Å². The molecule has 1 aliphatic heterocycles. The van der Waals surface area contributed by atoms with Crippen LogP contribution in [0.15, 0.2) is 24.4 Å². The first kappa shape index (κ1) is 17.1. The molecule has 2 aliphatic rings. The fraction of sp³-hybridized carbons (Fsp3) is 0.500. The van der Waals surface area contributed by atoms with Crippen molar-refractivity contribution in [1.82, 2.24) is 4.98 Å². The molecule has 6 heteroatoms. The highest BCUT2D eigenvalue weighted by molar-refractivity contribution is 5.86. The van der Waals surface area contributed by atoms with Gasteiger partial charge in [-0.15, -0.1) is 0 Å². The van der Waals surface area contributed by atoms with Gasteiger partial charge in [-0.05, 0) is 49.8 Å². The standard InChI is InChI=1S/C20H24N2O4/c1-25-13-6-7-16-14(8-13)18-17(9-22-16)26-10-15(19(18)23)11-2-4-12(5-3-11)20(21)24/h6-9,11-12,15,19,23H,2-5,10H2,1H3,(H2,21,24)/t11?,12?,15-,19-/m1/s1. The molecule has 1 amide bonds. The van der Waals surface area contributed by atoms with E-state index >= 15 is 0 Å². The third kappa shape index (κ3) is 2.88. The molecular formula is C20H24N2O4. The second-order valence-electron chi connectivity index (χ2n) is 7.35. The summed E-state index contributed by atoms with van der Waals surface area (Å²) < 4.78 is 11.3. The summed E-state index contributed by atoms with van der Waals surface area (Å²) in [5, 5.41) is 12.0. The number of amides is 1. The summed E-state index contributed by atoms with van der Waals surface area (Å²) in [6.07, 6.45) is 4.43. The Kier molecular flexibility index (Phi) is 4.44. The Hall–Kier alpha value is -2.34. The van der Waals surface area contributed by atoms with Crippen LogP contribution in [0.2, 0.25) is 0 Å². The number of aliphatic hydroxyl groups excluding tert-OH is 1. The zero-order valence-corrected chi connectivity index (χ0v) is 14.9. The van der Waals surface area contributed by atoms with Crippen molar-refractivity contribution in [2.24, 2.45) is 23.5 Å². The van der Waals surface area contributed by atoms with E-state index < -0.39 is 6.10 Å². The lowest BCUT2D eigenvalue weighted by molar-refractivity contribution is -0.123. The number of fused-ring (bicyclic) bond motifs is 3. The van der Waals surface area contributed by atoms with Crippen LogP contribution >= 0.6 is 0 Å². The maximum atomic E-state index is 11.4. The number of aliphatic hydroxyl groups is 1. The third-order valence-corrected chi connectivity index (χ3v) is 5.99. The lowest BCUT2D eigenvalue weighted by Crippen LogP contribution is -2.36. The Balaban J connectivity index is 1.64. The molecular weight excluding hydrogens is 332 g/mol. The van der Waals surface area contributed by atoms with Crippen molar-refractivity contribution in [1.29, 1.82) is 0 Å². The van der Waals surface area contributed by atoms with E-state index in [2.05, 4.69) is 4.98 Å². The van der Waals surface area contributed by atoms with E-state index in [1.807, 2.05) is 18.2 Å². The number of carbonyl (C=O) groups is 1.